The topological polar surface area (TPSA) is 147 Å². The molecular weight excluding hydrogens is 380 g/mol. The molecule has 0 atom stereocenters. The van der Waals surface area contributed by atoms with Crippen molar-refractivity contribution in [2.75, 3.05) is 0 Å². The summed E-state index contributed by atoms with van der Waals surface area (Å²) in [5.41, 5.74) is 1.64. The zero-order valence-corrected chi connectivity index (χ0v) is 15.1. The molecule has 0 bridgehead atoms. The fraction of sp³-hybridized carbons (Fsp3) is 0.0625. The van der Waals surface area contributed by atoms with Gasteiger partial charge in [0.25, 0.3) is 10.1 Å². The molecule has 0 amide bonds. The molecule has 3 aromatic rings. The maximum absolute atomic E-state index is 11.9. The van der Waals surface area contributed by atoms with Crippen LogP contribution in [0.25, 0.3) is 22.0 Å². The minimum Gasteiger partial charge on any atom is -0.322 e. The first-order chi connectivity index (χ1) is 12.0. The molecule has 0 fully saturated rings. The van der Waals surface area contributed by atoms with Crippen LogP contribution in [0.15, 0.2) is 57.1 Å². The van der Waals surface area contributed by atoms with Crippen LogP contribution in [0.5, 0.6) is 0 Å². The first-order valence-corrected chi connectivity index (χ1v) is 10.2. The Bertz CT molecular complexity index is 1310. The molecule has 1 aromatic heterocycles. The number of pyridine rings is 1. The lowest BCUT2D eigenvalue weighted by molar-refractivity contribution is 0.483. The third kappa shape index (κ3) is 3.40. The molecule has 4 N–H and O–H groups in total. The minimum atomic E-state index is -4.59. The molecule has 0 spiro atoms. The van der Waals surface area contributed by atoms with Gasteiger partial charge < -0.3 is 4.98 Å². The van der Waals surface area contributed by atoms with Crippen molar-refractivity contribution in [3.63, 3.8) is 0 Å². The predicted octanol–water partition coefficient (Wildman–Crippen LogP) is 1.40. The highest BCUT2D eigenvalue weighted by Gasteiger charge is 2.20. The zero-order valence-electron chi connectivity index (χ0n) is 13.4. The number of nitrogens with two attached hydrogens (primary N) is 1. The second-order valence-corrected chi connectivity index (χ2v) is 8.71. The molecule has 0 radical (unpaired) electrons. The Balaban J connectivity index is 2.33. The van der Waals surface area contributed by atoms with Crippen molar-refractivity contribution >= 4 is 31.0 Å². The molecule has 1 heterocycles. The Morgan fingerprint density at radius 3 is 2.31 bits per heavy atom. The highest BCUT2D eigenvalue weighted by atomic mass is 32.2. The van der Waals surface area contributed by atoms with Gasteiger partial charge >= 0.3 is 0 Å². The highest BCUT2D eigenvalue weighted by molar-refractivity contribution is 7.89. The third-order valence-corrected chi connectivity index (χ3v) is 5.72. The average Bonchev–Trinajstić information content (AvgIpc) is 2.52. The van der Waals surface area contributed by atoms with E-state index >= 15 is 0 Å². The number of sulfonamides is 1. The summed E-state index contributed by atoms with van der Waals surface area (Å²) in [6, 6.07) is 9.42. The van der Waals surface area contributed by atoms with E-state index in [1.807, 2.05) is 0 Å². The maximum Gasteiger partial charge on any atom is 0.294 e. The Kier molecular flexibility index (Phi) is 4.23. The molecule has 8 nitrogen and oxygen atoms in total. The summed E-state index contributed by atoms with van der Waals surface area (Å²) in [7, 11) is -8.86. The number of primary sulfonamides is 1. The largest absolute Gasteiger partial charge is 0.322 e. The van der Waals surface area contributed by atoms with Gasteiger partial charge in [-0.3, -0.25) is 9.35 Å². The summed E-state index contributed by atoms with van der Waals surface area (Å²) >= 11 is 0. The van der Waals surface area contributed by atoms with Gasteiger partial charge in [-0.25, -0.2) is 13.6 Å². The van der Waals surface area contributed by atoms with E-state index in [2.05, 4.69) is 4.98 Å². The van der Waals surface area contributed by atoms with E-state index in [1.54, 1.807) is 25.1 Å². The molecule has 0 aliphatic heterocycles. The second kappa shape index (κ2) is 6.02. The van der Waals surface area contributed by atoms with E-state index in [4.69, 9.17) is 9.69 Å². The number of H-pyrrole nitrogens is 1. The number of aromatic nitrogens is 1. The number of rotatable bonds is 3. The number of hydrogen-bond donors (Lipinski definition) is 3. The predicted molar refractivity (Wildman–Crippen MR) is 95.9 cm³/mol. The van der Waals surface area contributed by atoms with Gasteiger partial charge in [-0.15, -0.1) is 0 Å². The third-order valence-electron chi connectivity index (χ3n) is 3.92. The minimum absolute atomic E-state index is 0.174. The number of nitrogens with one attached hydrogen (secondary N) is 1. The summed E-state index contributed by atoms with van der Waals surface area (Å²) in [6.07, 6.45) is 0. The van der Waals surface area contributed by atoms with Gasteiger partial charge in [0.2, 0.25) is 15.6 Å². The quantitative estimate of drug-likeness (QED) is 0.572. The second-order valence-electron chi connectivity index (χ2n) is 5.76. The van der Waals surface area contributed by atoms with Gasteiger partial charge in [0, 0.05) is 22.5 Å². The molecule has 0 saturated carbocycles. The fourth-order valence-electron chi connectivity index (χ4n) is 2.73. The molecule has 2 aromatic carbocycles. The molecule has 10 heteroatoms. The maximum atomic E-state index is 11.9. The lowest BCUT2D eigenvalue weighted by atomic mass is 10.0. The van der Waals surface area contributed by atoms with Gasteiger partial charge in [-0.1, -0.05) is 12.1 Å². The van der Waals surface area contributed by atoms with Crippen LogP contribution >= 0.6 is 0 Å². The highest BCUT2D eigenvalue weighted by Crippen LogP contribution is 2.31. The summed E-state index contributed by atoms with van der Waals surface area (Å²) in [4.78, 5) is 13.2. The molecule has 26 heavy (non-hydrogen) atoms. The summed E-state index contributed by atoms with van der Waals surface area (Å²) in [5.74, 6) is 0. The lowest BCUT2D eigenvalue weighted by Crippen LogP contribution is -2.14. The van der Waals surface area contributed by atoms with Gasteiger partial charge in [0.1, 0.15) is 0 Å². The number of hydrogen-bond acceptors (Lipinski definition) is 5. The van der Waals surface area contributed by atoms with Crippen LogP contribution in [-0.2, 0) is 20.1 Å². The summed E-state index contributed by atoms with van der Waals surface area (Å²) < 4.78 is 55.6. The molecule has 3 rings (SSSR count). The molecule has 0 saturated heterocycles. The van der Waals surface area contributed by atoms with E-state index in [0.717, 1.165) is 12.1 Å². The Morgan fingerprint density at radius 1 is 1.00 bits per heavy atom. The van der Waals surface area contributed by atoms with Crippen molar-refractivity contribution in [3.8, 4) is 11.1 Å². The van der Waals surface area contributed by atoms with Crippen molar-refractivity contribution in [2.45, 2.75) is 16.7 Å². The standard InChI is InChI=1S/C16H14N2O6S2/c1-9-6-16(19)18-14-5-2-10(7-13(9)14)12-4-3-11(26(22,23)24)8-15(12)25(17,20)21/h2-8H,1H3,(H,18,19)(H2,17,20,21)(H,22,23,24). The van der Waals surface area contributed by atoms with E-state index in [0.29, 0.717) is 22.0 Å². The van der Waals surface area contributed by atoms with Crippen LogP contribution in [0, 0.1) is 6.92 Å². The SMILES string of the molecule is Cc1cc(=O)[nH]c2ccc(-c3ccc(S(=O)(=O)O)cc3S(N)(=O)=O)cc12. The van der Waals surface area contributed by atoms with E-state index in [1.165, 1.54) is 12.1 Å². The van der Waals surface area contributed by atoms with Crippen molar-refractivity contribution in [3.05, 3.63) is 58.4 Å². The number of fused-ring (bicyclic) bond motifs is 1. The molecule has 0 aliphatic rings. The summed E-state index contributed by atoms with van der Waals surface area (Å²) in [6.45, 7) is 1.74. The van der Waals surface area contributed by atoms with Crippen LogP contribution in [0.4, 0.5) is 0 Å². The Hall–Kier alpha value is -2.53. The van der Waals surface area contributed by atoms with E-state index in [-0.39, 0.29) is 11.1 Å². The van der Waals surface area contributed by atoms with Gasteiger partial charge in [0.05, 0.1) is 9.79 Å². The van der Waals surface area contributed by atoms with Crippen molar-refractivity contribution in [2.24, 2.45) is 5.14 Å². The van der Waals surface area contributed by atoms with E-state index in [9.17, 15) is 21.6 Å². The Labute approximate surface area is 149 Å². The number of aryl methyl sites for hydroxylation is 1. The van der Waals surface area contributed by atoms with Crippen LogP contribution in [0.2, 0.25) is 0 Å². The molecule has 0 unspecified atom stereocenters. The van der Waals surface area contributed by atoms with Crippen LogP contribution in [-0.4, -0.2) is 26.4 Å². The van der Waals surface area contributed by atoms with Crippen LogP contribution in [0.1, 0.15) is 5.56 Å². The normalized spacial score (nSPS) is 12.4. The monoisotopic (exact) mass is 394 g/mol. The Morgan fingerprint density at radius 2 is 1.69 bits per heavy atom. The molecule has 136 valence electrons. The van der Waals surface area contributed by atoms with Crippen LogP contribution < -0.4 is 10.7 Å². The van der Waals surface area contributed by atoms with Gasteiger partial charge in [0.15, 0.2) is 0 Å². The first-order valence-electron chi connectivity index (χ1n) is 7.25. The smallest absolute Gasteiger partial charge is 0.294 e. The number of benzene rings is 2. The van der Waals surface area contributed by atoms with Gasteiger partial charge in [-0.2, -0.15) is 8.42 Å². The number of aromatic amines is 1. The zero-order chi connectivity index (χ0) is 19.3. The van der Waals surface area contributed by atoms with E-state index < -0.39 is 29.9 Å². The van der Waals surface area contributed by atoms with Crippen molar-refractivity contribution in [1.29, 1.82) is 0 Å². The molecule has 0 aliphatic carbocycles. The summed E-state index contributed by atoms with van der Waals surface area (Å²) in [5, 5.41) is 5.91. The first kappa shape index (κ1) is 18.3. The van der Waals surface area contributed by atoms with Crippen molar-refractivity contribution in [1.82, 2.24) is 4.98 Å². The van der Waals surface area contributed by atoms with Crippen LogP contribution in [0.3, 0.4) is 0 Å². The molecular formula is C16H14N2O6S2. The van der Waals surface area contributed by atoms with Crippen molar-refractivity contribution < 1.29 is 21.4 Å². The van der Waals surface area contributed by atoms with Gasteiger partial charge in [-0.05, 0) is 42.3 Å². The lowest BCUT2D eigenvalue weighted by Gasteiger charge is -2.11. The average molecular weight is 394 g/mol. The fourth-order valence-corrected chi connectivity index (χ4v) is 4.09.